The largest absolute Gasteiger partial charge is 1.00 e. The molecule has 0 aromatic rings. The molecule has 6 aliphatic rings. The van der Waals surface area contributed by atoms with Crippen molar-refractivity contribution in [3.8, 4) is 0 Å². The summed E-state index contributed by atoms with van der Waals surface area (Å²) in [5, 5.41) is 0. The average molecular weight is 582 g/mol. The molecule has 2 heterocycles. The fourth-order valence-electron chi connectivity index (χ4n) is 9.94. The zero-order valence-electron chi connectivity index (χ0n) is 22.2. The number of hydrogen-bond donors (Lipinski definition) is 0. The molecule has 5 heteroatoms. The van der Waals surface area contributed by atoms with Gasteiger partial charge in [0.05, 0.1) is 0 Å². The third-order valence-electron chi connectivity index (χ3n) is 11.6. The van der Waals surface area contributed by atoms with Crippen LogP contribution in [0.1, 0.15) is 78.1 Å². The minimum atomic E-state index is -1.20. The monoisotopic (exact) mass is 580 g/mol. The van der Waals surface area contributed by atoms with E-state index < -0.39 is 16.1 Å². The van der Waals surface area contributed by atoms with Gasteiger partial charge in [0.2, 0.25) is 0 Å². The molecule has 4 unspecified atom stereocenters. The van der Waals surface area contributed by atoms with Crippen LogP contribution in [0.5, 0.6) is 0 Å². The predicted octanol–water partition coefficient (Wildman–Crippen LogP) is 3.59. The Kier molecular flexibility index (Phi) is 9.06. The second-order valence-electron chi connectivity index (χ2n) is 12.7. The number of fused-ring (bicyclic) bond motifs is 2. The summed E-state index contributed by atoms with van der Waals surface area (Å²) < 4.78 is 1.55. The van der Waals surface area contributed by atoms with Gasteiger partial charge in [-0.25, -0.2) is 0 Å². The first-order chi connectivity index (χ1) is 16.1. The second kappa shape index (κ2) is 11.0. The van der Waals surface area contributed by atoms with Crippen molar-refractivity contribution >= 4 is 16.1 Å². The molecule has 0 radical (unpaired) electrons. The van der Waals surface area contributed by atoms with Crippen LogP contribution in [0.25, 0.3) is 0 Å². The molecular weight excluding hydrogens is 535 g/mol. The summed E-state index contributed by atoms with van der Waals surface area (Å²) in [6.07, 6.45) is 30.6. The smallest absolute Gasteiger partial charge is 1.00 e. The third-order valence-corrected chi connectivity index (χ3v) is 33.5. The molecular formula is C30H46Cl2Si2Ti. The Bertz CT molecular complexity index is 828. The molecule has 0 spiro atoms. The Labute approximate surface area is 239 Å². The van der Waals surface area contributed by atoms with Crippen molar-refractivity contribution in [1.29, 1.82) is 0 Å². The topological polar surface area (TPSA) is 0 Å². The molecule has 0 amide bonds. The van der Waals surface area contributed by atoms with Gasteiger partial charge in [-0.15, -0.1) is 0 Å². The van der Waals surface area contributed by atoms with Crippen molar-refractivity contribution in [2.24, 2.45) is 11.8 Å². The molecule has 0 bridgehead atoms. The molecule has 0 aromatic heterocycles. The fraction of sp³-hybridized carbons (Fsp3) is 0.733. The van der Waals surface area contributed by atoms with E-state index in [1.807, 2.05) is 0 Å². The minimum Gasteiger partial charge on any atom is -1.00 e. The summed E-state index contributed by atoms with van der Waals surface area (Å²) in [6.45, 7) is 5.05. The van der Waals surface area contributed by atoms with Gasteiger partial charge in [0, 0.05) is 0 Å². The second-order valence-corrected chi connectivity index (χ2v) is 27.2. The van der Waals surface area contributed by atoms with Crippen LogP contribution in [0.2, 0.25) is 43.0 Å². The number of allylic oxidation sites excluding steroid dienone is 8. The minimum absolute atomic E-state index is 0. The number of halogens is 2. The average Bonchev–Trinajstić information content (AvgIpc) is 3.34. The molecule has 2 saturated heterocycles. The van der Waals surface area contributed by atoms with Gasteiger partial charge in [0.25, 0.3) is 0 Å². The Hall–Kier alpha value is 0.688. The molecule has 2 saturated carbocycles. The first-order valence-electron chi connectivity index (χ1n) is 14.7. The van der Waals surface area contributed by atoms with Crippen LogP contribution < -0.4 is 24.8 Å². The van der Waals surface area contributed by atoms with Gasteiger partial charge in [-0.2, -0.15) is 0 Å². The van der Waals surface area contributed by atoms with E-state index >= 15 is 0 Å². The number of rotatable bonds is 8. The Morgan fingerprint density at radius 2 is 1.17 bits per heavy atom. The van der Waals surface area contributed by atoms with Gasteiger partial charge in [-0.1, -0.05) is 0 Å². The van der Waals surface area contributed by atoms with Gasteiger partial charge >= 0.3 is 216 Å². The molecule has 4 fully saturated rings. The molecule has 4 atom stereocenters. The van der Waals surface area contributed by atoms with E-state index in [-0.39, 0.29) is 44.0 Å². The van der Waals surface area contributed by atoms with Gasteiger partial charge in [-0.05, 0) is 0 Å². The van der Waals surface area contributed by atoms with Crippen molar-refractivity contribution in [3.05, 3.63) is 47.6 Å². The zero-order valence-corrected chi connectivity index (χ0v) is 27.3. The normalized spacial score (nSPS) is 37.3. The van der Waals surface area contributed by atoms with E-state index in [9.17, 15) is 0 Å². The van der Waals surface area contributed by atoms with E-state index in [1.54, 1.807) is 74.8 Å². The van der Waals surface area contributed by atoms with Crippen LogP contribution in [-0.4, -0.2) is 16.1 Å². The van der Waals surface area contributed by atoms with Crippen molar-refractivity contribution in [2.45, 2.75) is 121 Å². The fourth-order valence-corrected chi connectivity index (χ4v) is 33.1. The Morgan fingerprint density at radius 3 is 1.51 bits per heavy atom. The van der Waals surface area contributed by atoms with Crippen LogP contribution >= 0.6 is 0 Å². The van der Waals surface area contributed by atoms with Crippen molar-refractivity contribution in [3.63, 3.8) is 0 Å². The molecule has 4 aliphatic carbocycles. The van der Waals surface area contributed by atoms with Gasteiger partial charge < -0.3 is 24.8 Å². The van der Waals surface area contributed by atoms with Crippen LogP contribution in [-0.2, 0) is 19.2 Å². The van der Waals surface area contributed by atoms with E-state index in [0.29, 0.717) is 0 Å². The molecule has 6 rings (SSSR count). The molecule has 0 nitrogen and oxygen atoms in total. The Morgan fingerprint density at radius 1 is 0.743 bits per heavy atom. The first-order valence-corrected chi connectivity index (χ1v) is 21.5. The van der Waals surface area contributed by atoms with E-state index in [0.717, 1.165) is 18.5 Å². The maximum absolute atomic E-state index is 2.73. The molecule has 0 N–H and O–H groups in total. The van der Waals surface area contributed by atoms with E-state index in [1.165, 1.54) is 25.7 Å². The quantitative estimate of drug-likeness (QED) is 0.385. The van der Waals surface area contributed by atoms with Gasteiger partial charge in [0.15, 0.2) is 0 Å². The van der Waals surface area contributed by atoms with Crippen LogP contribution in [0.15, 0.2) is 47.6 Å². The summed E-state index contributed by atoms with van der Waals surface area (Å²) in [5.74, 6) is 1.86. The summed E-state index contributed by atoms with van der Waals surface area (Å²) in [4.78, 5) is 0. The third kappa shape index (κ3) is 4.13. The van der Waals surface area contributed by atoms with Crippen LogP contribution in [0.4, 0.5) is 0 Å². The molecule has 35 heavy (non-hydrogen) atoms. The van der Waals surface area contributed by atoms with Crippen molar-refractivity contribution in [1.82, 2.24) is 0 Å². The summed E-state index contributed by atoms with van der Waals surface area (Å²) in [6, 6.07) is 10.1. The SMILES string of the molecule is CCC[Si]1([C]2([Ti+2][C]3([Si]4(CCC)CCC4)CCC4CC=CC=C43)CCC3CC=CC=C32)CCC1.[Cl-].[Cl-]. The molecule has 192 valence electrons. The zero-order chi connectivity index (χ0) is 22.6. The standard InChI is InChI=1S/2C15H23Si.2ClH.Ti/c2*1-2-10-16(11-5-12-16)15-9-8-13-6-3-4-7-14(13)15;;;/h2*3-4,7,13H,2,5-6,8-12H2,1H3;2*1H;/q;;;;+2/p-2. The maximum atomic E-state index is 2.73. The summed E-state index contributed by atoms with van der Waals surface area (Å²) in [5.41, 5.74) is 4.14. The predicted molar refractivity (Wildman–Crippen MR) is 145 cm³/mol. The maximum Gasteiger partial charge on any atom is -1.00 e. The number of hydrogen-bond acceptors (Lipinski definition) is 0. The van der Waals surface area contributed by atoms with E-state index in [2.05, 4.69) is 61.4 Å². The summed E-state index contributed by atoms with van der Waals surface area (Å²) in [7, 11) is -2.40. The molecule has 2 aliphatic heterocycles. The van der Waals surface area contributed by atoms with Gasteiger partial charge in [-0.3, -0.25) is 0 Å². The summed E-state index contributed by atoms with van der Waals surface area (Å²) >= 11 is -0.0441. The first kappa shape index (κ1) is 28.7. The Balaban J connectivity index is 0.00000144. The van der Waals surface area contributed by atoms with Crippen molar-refractivity contribution < 1.29 is 44.0 Å². The molecule has 0 aromatic carbocycles. The van der Waals surface area contributed by atoms with Crippen LogP contribution in [0, 0.1) is 11.8 Å². The van der Waals surface area contributed by atoms with Gasteiger partial charge in [0.1, 0.15) is 0 Å². The van der Waals surface area contributed by atoms with E-state index in [4.69, 9.17) is 0 Å². The van der Waals surface area contributed by atoms with Crippen LogP contribution in [0.3, 0.4) is 0 Å². The van der Waals surface area contributed by atoms with Crippen molar-refractivity contribution in [2.75, 3.05) is 0 Å².